The summed E-state index contributed by atoms with van der Waals surface area (Å²) in [6.07, 6.45) is 0. The fourth-order valence-corrected chi connectivity index (χ4v) is 6.46. The van der Waals surface area contributed by atoms with Gasteiger partial charge in [-0.25, -0.2) is 19.9 Å². The van der Waals surface area contributed by atoms with Gasteiger partial charge < -0.3 is 0 Å². The monoisotopic (exact) mass is 638 g/mol. The Kier molecular flexibility index (Phi) is 7.45. The molecule has 234 valence electrons. The highest BCUT2D eigenvalue weighted by Crippen LogP contribution is 2.34. The second-order valence-corrected chi connectivity index (χ2v) is 12.3. The molecule has 0 spiro atoms. The van der Waals surface area contributed by atoms with Crippen LogP contribution in [-0.2, 0) is 0 Å². The zero-order valence-electron chi connectivity index (χ0n) is 27.1. The molecule has 50 heavy (non-hydrogen) atoms. The minimum Gasteiger partial charge on any atom is -0.248 e. The van der Waals surface area contributed by atoms with Crippen LogP contribution in [0.3, 0.4) is 0 Å². The Morgan fingerprint density at radius 1 is 0.200 bits per heavy atom. The predicted molar refractivity (Wildman–Crippen MR) is 205 cm³/mol. The molecule has 0 radical (unpaired) electrons. The maximum absolute atomic E-state index is 5.10. The molecule has 6 aromatic carbocycles. The van der Waals surface area contributed by atoms with Crippen LogP contribution in [-0.4, -0.2) is 19.9 Å². The minimum absolute atomic E-state index is 0.851. The third-order valence-corrected chi connectivity index (χ3v) is 9.03. The van der Waals surface area contributed by atoms with Crippen molar-refractivity contribution in [1.29, 1.82) is 0 Å². The fraction of sp³-hybridized carbons (Fsp3) is 0. The average Bonchev–Trinajstić information content (AvgIpc) is 3.20. The second kappa shape index (κ2) is 12.7. The Morgan fingerprint density at radius 3 is 0.800 bits per heavy atom. The molecule has 9 rings (SSSR count). The third kappa shape index (κ3) is 5.80. The average molecular weight is 639 g/mol. The highest BCUT2D eigenvalue weighted by molar-refractivity contribution is 5.92. The van der Waals surface area contributed by atoms with Crippen LogP contribution in [0.15, 0.2) is 182 Å². The number of pyridine rings is 2. The summed E-state index contributed by atoms with van der Waals surface area (Å²) in [5, 5.41) is 0. The molecule has 0 aliphatic carbocycles. The van der Waals surface area contributed by atoms with E-state index in [-0.39, 0.29) is 0 Å². The van der Waals surface area contributed by atoms with Crippen LogP contribution in [0.4, 0.5) is 0 Å². The first-order valence-corrected chi connectivity index (χ1v) is 16.7. The van der Waals surface area contributed by atoms with Crippen LogP contribution in [0.1, 0.15) is 0 Å². The number of rotatable bonds is 6. The van der Waals surface area contributed by atoms with Crippen LogP contribution in [0.2, 0.25) is 0 Å². The Balaban J connectivity index is 1.13. The first-order valence-electron chi connectivity index (χ1n) is 16.7. The summed E-state index contributed by atoms with van der Waals surface area (Å²) < 4.78 is 0. The molecule has 0 atom stereocenters. The van der Waals surface area contributed by atoms with Crippen molar-refractivity contribution < 1.29 is 0 Å². The van der Waals surface area contributed by atoms with E-state index in [1.165, 1.54) is 0 Å². The predicted octanol–water partition coefficient (Wildman–Crippen LogP) is 11.6. The van der Waals surface area contributed by atoms with E-state index in [4.69, 9.17) is 19.9 Å². The summed E-state index contributed by atoms with van der Waals surface area (Å²) in [5.74, 6) is 0. The number of hydrogen-bond acceptors (Lipinski definition) is 4. The van der Waals surface area contributed by atoms with Crippen LogP contribution in [0.5, 0.6) is 0 Å². The summed E-state index contributed by atoms with van der Waals surface area (Å²) >= 11 is 0. The van der Waals surface area contributed by atoms with Gasteiger partial charge in [-0.2, -0.15) is 0 Å². The standard InChI is InChI=1S/C46H30N4/c1-5-13-31(14-6-1)41-27-37(28-42(49-41)32-15-7-2-8-16-32)35-21-23-39-45(25-35)47-40-24-22-36(26-46(40)48-39)38-29-43(33-17-9-3-10-18-33)50-44(30-38)34-19-11-4-12-20-34/h1-30H. The molecule has 0 bridgehead atoms. The second-order valence-electron chi connectivity index (χ2n) is 12.3. The van der Waals surface area contributed by atoms with Gasteiger partial charge in [0, 0.05) is 22.3 Å². The number of hydrogen-bond donors (Lipinski definition) is 0. The fourth-order valence-electron chi connectivity index (χ4n) is 6.46. The zero-order chi connectivity index (χ0) is 33.3. The molecule has 0 amide bonds. The third-order valence-electron chi connectivity index (χ3n) is 9.03. The Morgan fingerprint density at radius 2 is 0.500 bits per heavy atom. The van der Waals surface area contributed by atoms with E-state index in [2.05, 4.69) is 109 Å². The van der Waals surface area contributed by atoms with Crippen molar-refractivity contribution in [3.63, 3.8) is 0 Å². The van der Waals surface area contributed by atoms with Crippen LogP contribution in [0, 0.1) is 0 Å². The molecular weight excluding hydrogens is 609 g/mol. The molecule has 0 saturated carbocycles. The summed E-state index contributed by atoms with van der Waals surface area (Å²) in [5.41, 5.74) is 15.7. The Bertz CT molecular complexity index is 2320. The van der Waals surface area contributed by atoms with E-state index in [1.807, 2.05) is 72.8 Å². The van der Waals surface area contributed by atoms with E-state index in [9.17, 15) is 0 Å². The summed E-state index contributed by atoms with van der Waals surface area (Å²) in [4.78, 5) is 20.3. The molecule has 4 heteroatoms. The van der Waals surface area contributed by atoms with Gasteiger partial charge in [-0.1, -0.05) is 133 Å². The van der Waals surface area contributed by atoms with Crippen molar-refractivity contribution in [2.45, 2.75) is 0 Å². The lowest BCUT2D eigenvalue weighted by Gasteiger charge is -2.12. The van der Waals surface area contributed by atoms with Crippen molar-refractivity contribution in [2.75, 3.05) is 0 Å². The molecule has 0 saturated heterocycles. The van der Waals surface area contributed by atoms with Crippen LogP contribution >= 0.6 is 0 Å². The molecular formula is C46H30N4. The quantitative estimate of drug-likeness (QED) is 0.170. The van der Waals surface area contributed by atoms with Gasteiger partial charge in [0.05, 0.1) is 44.8 Å². The van der Waals surface area contributed by atoms with Crippen molar-refractivity contribution in [3.8, 4) is 67.3 Å². The van der Waals surface area contributed by atoms with E-state index >= 15 is 0 Å². The molecule has 0 N–H and O–H groups in total. The Labute approximate surface area is 290 Å². The van der Waals surface area contributed by atoms with Gasteiger partial charge in [-0.3, -0.25) is 0 Å². The smallest absolute Gasteiger partial charge is 0.0900 e. The van der Waals surface area contributed by atoms with Crippen molar-refractivity contribution in [3.05, 3.63) is 182 Å². The van der Waals surface area contributed by atoms with E-state index in [0.717, 1.165) is 89.4 Å². The van der Waals surface area contributed by atoms with Gasteiger partial charge in [0.2, 0.25) is 0 Å². The molecule has 0 aliphatic rings. The summed E-state index contributed by atoms with van der Waals surface area (Å²) in [6.45, 7) is 0. The van der Waals surface area contributed by atoms with Gasteiger partial charge >= 0.3 is 0 Å². The van der Waals surface area contributed by atoms with Crippen LogP contribution < -0.4 is 0 Å². The maximum Gasteiger partial charge on any atom is 0.0900 e. The van der Waals surface area contributed by atoms with Gasteiger partial charge in [-0.15, -0.1) is 0 Å². The highest BCUT2D eigenvalue weighted by Gasteiger charge is 2.13. The van der Waals surface area contributed by atoms with Gasteiger partial charge in [0.15, 0.2) is 0 Å². The molecule has 9 aromatic rings. The lowest BCUT2D eigenvalue weighted by Crippen LogP contribution is -1.93. The summed E-state index contributed by atoms with van der Waals surface area (Å²) in [6, 6.07) is 62.6. The van der Waals surface area contributed by atoms with E-state index < -0.39 is 0 Å². The summed E-state index contributed by atoms with van der Waals surface area (Å²) in [7, 11) is 0. The highest BCUT2D eigenvalue weighted by atomic mass is 14.8. The molecule has 0 fully saturated rings. The molecule has 3 heterocycles. The largest absolute Gasteiger partial charge is 0.248 e. The number of nitrogens with zero attached hydrogens (tertiary/aromatic N) is 4. The van der Waals surface area contributed by atoms with Crippen molar-refractivity contribution in [2.24, 2.45) is 0 Å². The first-order chi connectivity index (χ1) is 24.7. The van der Waals surface area contributed by atoms with E-state index in [1.54, 1.807) is 0 Å². The van der Waals surface area contributed by atoms with E-state index in [0.29, 0.717) is 0 Å². The SMILES string of the molecule is c1ccc(-c2cc(-c3ccc4nc5cc(-c6cc(-c7ccccc7)nc(-c7ccccc7)c6)ccc5nc4c3)cc(-c3ccccc3)n2)cc1. The lowest BCUT2D eigenvalue weighted by atomic mass is 9.99. The van der Waals surface area contributed by atoms with Crippen molar-refractivity contribution in [1.82, 2.24) is 19.9 Å². The van der Waals surface area contributed by atoms with Crippen LogP contribution in [0.25, 0.3) is 89.4 Å². The number of fused-ring (bicyclic) bond motifs is 2. The normalized spacial score (nSPS) is 11.2. The minimum atomic E-state index is 0.851. The zero-order valence-corrected chi connectivity index (χ0v) is 27.1. The Hall–Kier alpha value is -6.78. The van der Waals surface area contributed by atoms with Gasteiger partial charge in [0.25, 0.3) is 0 Å². The molecule has 3 aromatic heterocycles. The topological polar surface area (TPSA) is 51.6 Å². The van der Waals surface area contributed by atoms with Gasteiger partial charge in [-0.05, 0) is 70.8 Å². The number of aromatic nitrogens is 4. The maximum atomic E-state index is 5.10. The molecule has 0 aliphatic heterocycles. The number of benzene rings is 6. The molecule has 4 nitrogen and oxygen atoms in total. The lowest BCUT2D eigenvalue weighted by molar-refractivity contribution is 1.32. The van der Waals surface area contributed by atoms with Crippen molar-refractivity contribution >= 4 is 22.1 Å². The first kappa shape index (κ1) is 29.4. The van der Waals surface area contributed by atoms with Gasteiger partial charge in [0.1, 0.15) is 0 Å². The molecule has 0 unspecified atom stereocenters.